The summed E-state index contributed by atoms with van der Waals surface area (Å²) < 4.78 is 0. The van der Waals surface area contributed by atoms with Gasteiger partial charge in [-0.3, -0.25) is 0 Å². The first-order valence-electron chi connectivity index (χ1n) is 4.95. The summed E-state index contributed by atoms with van der Waals surface area (Å²) in [5.41, 5.74) is 3.63. The van der Waals surface area contributed by atoms with Crippen LogP contribution < -0.4 is 0 Å². The lowest BCUT2D eigenvalue weighted by atomic mass is 9.75. The molecule has 0 spiro atoms. The largest absolute Gasteiger partial charge is 0.392 e. The Morgan fingerprint density at radius 3 is 2.67 bits per heavy atom. The Balaban J connectivity index is 2.14. The number of aliphatic hydroxyl groups excluding tert-OH is 1. The van der Waals surface area contributed by atoms with Crippen molar-refractivity contribution in [2.75, 3.05) is 0 Å². The fraction of sp³-hybridized carbons (Fsp3) is 0.818. The molecule has 0 fully saturated rings. The molecule has 1 atom stereocenters. The van der Waals surface area contributed by atoms with E-state index in [9.17, 15) is 5.11 Å². The van der Waals surface area contributed by atoms with Gasteiger partial charge < -0.3 is 5.11 Å². The summed E-state index contributed by atoms with van der Waals surface area (Å²) in [6.45, 7) is 4.67. The molecule has 68 valence electrons. The molecule has 0 aromatic carbocycles. The van der Waals surface area contributed by atoms with Crippen LogP contribution in [-0.4, -0.2) is 11.2 Å². The molecule has 0 aromatic heterocycles. The number of hydrogen-bond donors (Lipinski definition) is 1. The monoisotopic (exact) mass is 166 g/mol. The molecule has 0 aliphatic heterocycles. The minimum Gasteiger partial charge on any atom is -0.392 e. The van der Waals surface area contributed by atoms with E-state index in [4.69, 9.17) is 0 Å². The zero-order chi connectivity index (χ0) is 8.77. The fourth-order valence-electron chi connectivity index (χ4n) is 2.56. The van der Waals surface area contributed by atoms with Gasteiger partial charge in [0.15, 0.2) is 0 Å². The van der Waals surface area contributed by atoms with E-state index in [1.165, 1.54) is 19.3 Å². The second-order valence-electron chi connectivity index (χ2n) is 5.11. The second-order valence-corrected chi connectivity index (χ2v) is 5.11. The van der Waals surface area contributed by atoms with Crippen LogP contribution in [0.4, 0.5) is 0 Å². The molecule has 1 N–H and O–H groups in total. The molecule has 12 heavy (non-hydrogen) atoms. The predicted octanol–water partition coefficient (Wildman–Crippen LogP) is 2.65. The molecule has 0 saturated heterocycles. The highest BCUT2D eigenvalue weighted by Crippen LogP contribution is 2.45. The van der Waals surface area contributed by atoms with Crippen molar-refractivity contribution in [2.45, 2.75) is 52.1 Å². The van der Waals surface area contributed by atoms with E-state index in [1.807, 2.05) is 0 Å². The summed E-state index contributed by atoms with van der Waals surface area (Å²) in [4.78, 5) is 0. The van der Waals surface area contributed by atoms with Gasteiger partial charge in [0.25, 0.3) is 0 Å². The van der Waals surface area contributed by atoms with E-state index >= 15 is 0 Å². The highest BCUT2D eigenvalue weighted by molar-refractivity contribution is 5.25. The topological polar surface area (TPSA) is 20.2 Å². The minimum absolute atomic E-state index is 0.0519. The van der Waals surface area contributed by atoms with Gasteiger partial charge in [-0.2, -0.15) is 0 Å². The molecule has 1 nitrogen and oxygen atoms in total. The van der Waals surface area contributed by atoms with Crippen LogP contribution in [0.2, 0.25) is 0 Å². The van der Waals surface area contributed by atoms with Crippen LogP contribution in [0, 0.1) is 5.41 Å². The highest BCUT2D eigenvalue weighted by atomic mass is 16.3. The van der Waals surface area contributed by atoms with Crippen molar-refractivity contribution in [1.82, 2.24) is 0 Å². The van der Waals surface area contributed by atoms with E-state index in [-0.39, 0.29) is 6.10 Å². The van der Waals surface area contributed by atoms with Crippen LogP contribution in [0.3, 0.4) is 0 Å². The highest BCUT2D eigenvalue weighted by Gasteiger charge is 2.32. The Kier molecular flexibility index (Phi) is 1.80. The molecule has 0 bridgehead atoms. The molecule has 0 amide bonds. The molecule has 0 heterocycles. The standard InChI is InChI=1S/C11H18O/c1-11(2)4-3-8-5-10(12)6-9(8)7-11/h10,12H,3-7H2,1-2H3. The van der Waals surface area contributed by atoms with Crippen LogP contribution in [-0.2, 0) is 0 Å². The zero-order valence-corrected chi connectivity index (χ0v) is 8.06. The lowest BCUT2D eigenvalue weighted by molar-refractivity contribution is 0.185. The summed E-state index contributed by atoms with van der Waals surface area (Å²) in [6.07, 6.45) is 5.63. The molecule has 2 aliphatic rings. The summed E-state index contributed by atoms with van der Waals surface area (Å²) in [5.74, 6) is 0. The maximum Gasteiger partial charge on any atom is 0.0614 e. The molecule has 2 aliphatic carbocycles. The molecule has 0 aromatic rings. The predicted molar refractivity (Wildman–Crippen MR) is 49.9 cm³/mol. The van der Waals surface area contributed by atoms with Crippen molar-refractivity contribution in [3.8, 4) is 0 Å². The quantitative estimate of drug-likeness (QED) is 0.548. The van der Waals surface area contributed by atoms with E-state index < -0.39 is 0 Å². The van der Waals surface area contributed by atoms with Crippen molar-refractivity contribution < 1.29 is 5.11 Å². The SMILES string of the molecule is CC1(C)CCC2=C(CC(O)C2)C1. The first-order valence-corrected chi connectivity index (χ1v) is 4.95. The minimum atomic E-state index is -0.0519. The van der Waals surface area contributed by atoms with Gasteiger partial charge in [-0.1, -0.05) is 25.0 Å². The summed E-state index contributed by atoms with van der Waals surface area (Å²) >= 11 is 0. The number of aliphatic hydroxyl groups is 1. The van der Waals surface area contributed by atoms with E-state index in [0.29, 0.717) is 5.41 Å². The van der Waals surface area contributed by atoms with Crippen molar-refractivity contribution in [3.63, 3.8) is 0 Å². The smallest absolute Gasteiger partial charge is 0.0614 e. The Bertz CT molecular complexity index is 225. The third kappa shape index (κ3) is 1.42. The normalized spacial score (nSPS) is 33.8. The Morgan fingerprint density at radius 2 is 1.92 bits per heavy atom. The maximum absolute atomic E-state index is 9.49. The Labute approximate surface area is 74.5 Å². The van der Waals surface area contributed by atoms with Gasteiger partial charge in [0.05, 0.1) is 6.10 Å². The van der Waals surface area contributed by atoms with Gasteiger partial charge in [-0.05, 0) is 37.5 Å². The van der Waals surface area contributed by atoms with Crippen LogP contribution in [0.1, 0.15) is 46.0 Å². The summed E-state index contributed by atoms with van der Waals surface area (Å²) in [6, 6.07) is 0. The first kappa shape index (κ1) is 8.31. The van der Waals surface area contributed by atoms with Gasteiger partial charge in [0, 0.05) is 0 Å². The third-order valence-corrected chi connectivity index (χ3v) is 3.26. The van der Waals surface area contributed by atoms with Gasteiger partial charge in [0.2, 0.25) is 0 Å². The van der Waals surface area contributed by atoms with E-state index in [1.54, 1.807) is 11.1 Å². The Hall–Kier alpha value is -0.300. The molecule has 0 radical (unpaired) electrons. The molecular weight excluding hydrogens is 148 g/mol. The first-order chi connectivity index (χ1) is 5.57. The van der Waals surface area contributed by atoms with Crippen molar-refractivity contribution in [3.05, 3.63) is 11.1 Å². The van der Waals surface area contributed by atoms with Crippen LogP contribution in [0.15, 0.2) is 11.1 Å². The molecule has 1 unspecified atom stereocenters. The molecule has 0 saturated carbocycles. The van der Waals surface area contributed by atoms with E-state index in [0.717, 1.165) is 12.8 Å². The van der Waals surface area contributed by atoms with Gasteiger partial charge >= 0.3 is 0 Å². The second kappa shape index (κ2) is 2.59. The lowest BCUT2D eigenvalue weighted by Crippen LogP contribution is -2.16. The van der Waals surface area contributed by atoms with Crippen LogP contribution in [0.25, 0.3) is 0 Å². The average molecular weight is 166 g/mol. The zero-order valence-electron chi connectivity index (χ0n) is 8.06. The third-order valence-electron chi connectivity index (χ3n) is 3.26. The van der Waals surface area contributed by atoms with Crippen molar-refractivity contribution >= 4 is 0 Å². The van der Waals surface area contributed by atoms with Gasteiger partial charge in [-0.15, -0.1) is 0 Å². The van der Waals surface area contributed by atoms with E-state index in [2.05, 4.69) is 13.8 Å². The molecular formula is C11H18O. The average Bonchev–Trinajstić information content (AvgIpc) is 2.26. The number of rotatable bonds is 0. The summed E-state index contributed by atoms with van der Waals surface area (Å²) in [5, 5.41) is 9.49. The fourth-order valence-corrected chi connectivity index (χ4v) is 2.56. The van der Waals surface area contributed by atoms with Crippen LogP contribution >= 0.6 is 0 Å². The number of hydrogen-bond acceptors (Lipinski definition) is 1. The maximum atomic E-state index is 9.49. The van der Waals surface area contributed by atoms with Gasteiger partial charge in [-0.25, -0.2) is 0 Å². The van der Waals surface area contributed by atoms with Crippen molar-refractivity contribution in [2.24, 2.45) is 5.41 Å². The Morgan fingerprint density at radius 1 is 1.25 bits per heavy atom. The molecule has 2 rings (SSSR count). The lowest BCUT2D eigenvalue weighted by Gasteiger charge is -2.30. The van der Waals surface area contributed by atoms with Crippen LogP contribution in [0.5, 0.6) is 0 Å². The van der Waals surface area contributed by atoms with Crippen molar-refractivity contribution in [1.29, 1.82) is 0 Å². The summed E-state index contributed by atoms with van der Waals surface area (Å²) in [7, 11) is 0. The van der Waals surface area contributed by atoms with Gasteiger partial charge in [0.1, 0.15) is 0 Å². The molecule has 1 heteroatoms.